The zero-order chi connectivity index (χ0) is 13.7. The van der Waals surface area contributed by atoms with Gasteiger partial charge in [0.05, 0.1) is 6.04 Å². The quantitative estimate of drug-likeness (QED) is 0.906. The minimum atomic E-state index is 0.277. The third-order valence-corrected chi connectivity index (χ3v) is 3.27. The number of hydrogen-bond donors (Lipinski definition) is 1. The summed E-state index contributed by atoms with van der Waals surface area (Å²) < 4.78 is 0. The summed E-state index contributed by atoms with van der Waals surface area (Å²) in [7, 11) is 4.14. The van der Waals surface area contributed by atoms with Crippen molar-refractivity contribution in [2.24, 2.45) is 0 Å². The molecule has 0 aliphatic heterocycles. The molecule has 2 rings (SSSR count). The fourth-order valence-corrected chi connectivity index (χ4v) is 2.08. The van der Waals surface area contributed by atoms with Gasteiger partial charge in [-0.05, 0) is 43.9 Å². The summed E-state index contributed by atoms with van der Waals surface area (Å²) in [6.45, 7) is 0.797. The molecule has 1 atom stereocenters. The molecule has 0 aliphatic rings. The zero-order valence-corrected chi connectivity index (χ0v) is 11.9. The summed E-state index contributed by atoms with van der Waals surface area (Å²) >= 11 is 5.93. The highest BCUT2D eigenvalue weighted by atomic mass is 35.5. The van der Waals surface area contributed by atoms with Gasteiger partial charge in [-0.25, -0.2) is 4.98 Å². The van der Waals surface area contributed by atoms with Crippen molar-refractivity contribution in [3.63, 3.8) is 0 Å². The van der Waals surface area contributed by atoms with E-state index in [9.17, 15) is 0 Å². The number of hydrogen-bond acceptors (Lipinski definition) is 3. The van der Waals surface area contributed by atoms with Crippen molar-refractivity contribution in [2.45, 2.75) is 6.04 Å². The lowest BCUT2D eigenvalue weighted by atomic mass is 10.1. The zero-order valence-electron chi connectivity index (χ0n) is 11.2. The van der Waals surface area contributed by atoms with Crippen LogP contribution in [0.3, 0.4) is 0 Å². The van der Waals surface area contributed by atoms with Crippen molar-refractivity contribution >= 4 is 17.4 Å². The molecule has 0 aliphatic carbocycles. The Morgan fingerprint density at radius 3 is 2.47 bits per heavy atom. The van der Waals surface area contributed by atoms with Crippen molar-refractivity contribution < 1.29 is 0 Å². The van der Waals surface area contributed by atoms with Gasteiger partial charge in [-0.1, -0.05) is 29.8 Å². The molecule has 0 spiro atoms. The number of halogens is 1. The molecule has 0 radical (unpaired) electrons. The predicted octanol–water partition coefficient (Wildman–Crippen LogP) is 3.45. The number of anilines is 1. The Kier molecular flexibility index (Phi) is 4.77. The second-order valence-electron chi connectivity index (χ2n) is 4.63. The molecule has 1 heterocycles. The normalized spacial score (nSPS) is 12.4. The largest absolute Gasteiger partial charge is 0.368 e. The molecule has 3 nitrogen and oxygen atoms in total. The van der Waals surface area contributed by atoms with Crippen LogP contribution in [0.4, 0.5) is 5.82 Å². The third kappa shape index (κ3) is 3.94. The molecule has 4 heteroatoms. The Hall–Kier alpha value is -1.58. The van der Waals surface area contributed by atoms with E-state index in [0.717, 1.165) is 17.4 Å². The second kappa shape index (κ2) is 6.55. The molecule has 1 aromatic heterocycles. The third-order valence-electron chi connectivity index (χ3n) is 3.02. The second-order valence-corrected chi connectivity index (χ2v) is 5.06. The minimum absolute atomic E-state index is 0.277. The Morgan fingerprint density at radius 1 is 1.16 bits per heavy atom. The van der Waals surface area contributed by atoms with Gasteiger partial charge >= 0.3 is 0 Å². The number of nitrogens with zero attached hydrogens (tertiary/aromatic N) is 2. The van der Waals surface area contributed by atoms with E-state index >= 15 is 0 Å². The Balaban J connectivity index is 2.06. The van der Waals surface area contributed by atoms with Crippen LogP contribution in [-0.4, -0.2) is 30.5 Å². The molecule has 1 unspecified atom stereocenters. The van der Waals surface area contributed by atoms with Crippen LogP contribution in [0.5, 0.6) is 0 Å². The maximum Gasteiger partial charge on any atom is 0.125 e. The lowest BCUT2D eigenvalue weighted by Gasteiger charge is -2.25. The van der Waals surface area contributed by atoms with E-state index < -0.39 is 0 Å². The van der Waals surface area contributed by atoms with Gasteiger partial charge in [0.25, 0.3) is 0 Å². The molecule has 19 heavy (non-hydrogen) atoms. The summed E-state index contributed by atoms with van der Waals surface area (Å²) in [5.74, 6) is 0.892. The van der Waals surface area contributed by atoms with Gasteiger partial charge < -0.3 is 10.2 Å². The number of nitrogens with one attached hydrogen (secondary N) is 1. The first-order valence-corrected chi connectivity index (χ1v) is 6.61. The Bertz CT molecular complexity index is 497. The average Bonchev–Trinajstić information content (AvgIpc) is 2.42. The van der Waals surface area contributed by atoms with Gasteiger partial charge in [-0.2, -0.15) is 0 Å². The molecule has 0 bridgehead atoms. The van der Waals surface area contributed by atoms with Crippen LogP contribution in [0.15, 0.2) is 48.7 Å². The standard InChI is InChI=1S/C15H18ClN3/c1-19(2)14(12-6-8-13(16)9-7-12)11-18-15-5-3-4-10-17-15/h3-10,14H,11H2,1-2H3,(H,17,18). The molecule has 0 fully saturated rings. The van der Waals surface area contributed by atoms with Crippen molar-refractivity contribution in [1.82, 2.24) is 9.88 Å². The van der Waals surface area contributed by atoms with Gasteiger partial charge in [0.2, 0.25) is 0 Å². The van der Waals surface area contributed by atoms with Crippen LogP contribution in [0.25, 0.3) is 0 Å². The summed E-state index contributed by atoms with van der Waals surface area (Å²) in [5.41, 5.74) is 1.23. The summed E-state index contributed by atoms with van der Waals surface area (Å²) in [6.07, 6.45) is 1.79. The summed E-state index contributed by atoms with van der Waals surface area (Å²) in [6, 6.07) is 14.1. The highest BCUT2D eigenvalue weighted by Crippen LogP contribution is 2.20. The maximum atomic E-state index is 5.93. The number of likely N-dealkylation sites (N-methyl/N-ethyl adjacent to an activating group) is 1. The maximum absolute atomic E-state index is 5.93. The fourth-order valence-electron chi connectivity index (χ4n) is 1.95. The number of pyridine rings is 1. The van der Waals surface area contributed by atoms with Crippen LogP contribution in [0.2, 0.25) is 5.02 Å². The molecule has 0 saturated heterocycles. The number of aromatic nitrogens is 1. The molecule has 0 amide bonds. The van der Waals surface area contributed by atoms with E-state index in [2.05, 4.69) is 41.4 Å². The molecule has 1 N–H and O–H groups in total. The van der Waals surface area contributed by atoms with Crippen LogP contribution in [0, 0.1) is 0 Å². The first-order valence-electron chi connectivity index (χ1n) is 6.23. The molecule has 2 aromatic rings. The van der Waals surface area contributed by atoms with Crippen LogP contribution < -0.4 is 5.32 Å². The highest BCUT2D eigenvalue weighted by molar-refractivity contribution is 6.30. The van der Waals surface area contributed by atoms with Gasteiger partial charge in [-0.15, -0.1) is 0 Å². The first kappa shape index (κ1) is 13.8. The van der Waals surface area contributed by atoms with Crippen LogP contribution in [0.1, 0.15) is 11.6 Å². The van der Waals surface area contributed by atoms with Crippen LogP contribution in [-0.2, 0) is 0 Å². The monoisotopic (exact) mass is 275 g/mol. The molecule has 1 aromatic carbocycles. The van der Waals surface area contributed by atoms with Crippen molar-refractivity contribution in [3.8, 4) is 0 Å². The van der Waals surface area contributed by atoms with E-state index in [1.54, 1.807) is 6.20 Å². The fraction of sp³-hybridized carbons (Fsp3) is 0.267. The average molecular weight is 276 g/mol. The molecule has 100 valence electrons. The molecular formula is C15H18ClN3. The van der Waals surface area contributed by atoms with E-state index in [0.29, 0.717) is 0 Å². The van der Waals surface area contributed by atoms with Crippen molar-refractivity contribution in [2.75, 3.05) is 26.0 Å². The van der Waals surface area contributed by atoms with E-state index in [1.165, 1.54) is 5.56 Å². The SMILES string of the molecule is CN(C)C(CNc1ccccn1)c1ccc(Cl)cc1. The van der Waals surface area contributed by atoms with E-state index in [-0.39, 0.29) is 6.04 Å². The first-order chi connectivity index (χ1) is 9.16. The summed E-state index contributed by atoms with van der Waals surface area (Å²) in [5, 5.41) is 4.12. The van der Waals surface area contributed by atoms with Crippen molar-refractivity contribution in [3.05, 3.63) is 59.2 Å². The van der Waals surface area contributed by atoms with Crippen LogP contribution >= 0.6 is 11.6 Å². The van der Waals surface area contributed by atoms with Gasteiger partial charge in [-0.3, -0.25) is 0 Å². The molecular weight excluding hydrogens is 258 g/mol. The van der Waals surface area contributed by atoms with Gasteiger partial charge in [0.1, 0.15) is 5.82 Å². The van der Waals surface area contributed by atoms with Gasteiger partial charge in [0.15, 0.2) is 0 Å². The predicted molar refractivity (Wildman–Crippen MR) is 80.6 cm³/mol. The lowest BCUT2D eigenvalue weighted by Crippen LogP contribution is -2.27. The highest BCUT2D eigenvalue weighted by Gasteiger charge is 2.13. The lowest BCUT2D eigenvalue weighted by molar-refractivity contribution is 0.311. The van der Waals surface area contributed by atoms with Crippen molar-refractivity contribution in [1.29, 1.82) is 0 Å². The Labute approximate surface area is 119 Å². The Morgan fingerprint density at radius 2 is 1.89 bits per heavy atom. The van der Waals surface area contributed by atoms with Gasteiger partial charge in [0, 0.05) is 17.8 Å². The number of rotatable bonds is 5. The minimum Gasteiger partial charge on any atom is -0.368 e. The van der Waals surface area contributed by atoms with E-state index in [4.69, 9.17) is 11.6 Å². The summed E-state index contributed by atoms with van der Waals surface area (Å²) in [4.78, 5) is 6.45. The number of benzene rings is 1. The smallest absolute Gasteiger partial charge is 0.125 e. The van der Waals surface area contributed by atoms with E-state index in [1.807, 2.05) is 30.3 Å². The molecule has 0 saturated carbocycles. The topological polar surface area (TPSA) is 28.2 Å².